The number of hydrogen-bond donors (Lipinski definition) is 2. The number of hydrogen-bond acceptors (Lipinski definition) is 2. The standard InChI is InChI=1S/C7H6FN3O/c8-4-2-1-3-5-6(4)10-7(12)11(5)9/h1-3H,9H2,(H,10,12). The molecule has 4 nitrogen and oxygen atoms in total. The molecule has 2 rings (SSSR count). The molecule has 1 aromatic heterocycles. The van der Waals surface area contributed by atoms with Crippen LogP contribution in [0, 0.1) is 5.82 Å². The molecule has 0 aliphatic rings. The predicted molar refractivity (Wildman–Crippen MR) is 42.7 cm³/mol. The number of H-pyrrole nitrogens is 1. The average Bonchev–Trinajstić information content (AvgIpc) is 2.32. The van der Waals surface area contributed by atoms with E-state index in [-0.39, 0.29) is 5.52 Å². The summed E-state index contributed by atoms with van der Waals surface area (Å²) in [4.78, 5) is 13.2. The largest absolute Gasteiger partial charge is 0.344 e. The molecule has 0 saturated heterocycles. The molecule has 1 aromatic carbocycles. The maximum absolute atomic E-state index is 12.9. The van der Waals surface area contributed by atoms with E-state index in [4.69, 9.17) is 5.84 Å². The lowest BCUT2D eigenvalue weighted by molar-refractivity contribution is 0.637. The minimum atomic E-state index is -0.518. The highest BCUT2D eigenvalue weighted by Crippen LogP contribution is 2.11. The zero-order valence-corrected chi connectivity index (χ0v) is 6.04. The average molecular weight is 167 g/mol. The Morgan fingerprint density at radius 2 is 2.25 bits per heavy atom. The summed E-state index contributed by atoms with van der Waals surface area (Å²) in [5.41, 5.74) is -0.0138. The molecule has 0 bridgehead atoms. The van der Waals surface area contributed by atoms with E-state index in [9.17, 15) is 9.18 Å². The van der Waals surface area contributed by atoms with Gasteiger partial charge in [-0.25, -0.2) is 13.9 Å². The number of benzene rings is 1. The highest BCUT2D eigenvalue weighted by molar-refractivity contribution is 5.75. The van der Waals surface area contributed by atoms with Gasteiger partial charge in [0.05, 0.1) is 5.52 Å². The minimum absolute atomic E-state index is 0.144. The molecule has 12 heavy (non-hydrogen) atoms. The van der Waals surface area contributed by atoms with E-state index in [1.807, 2.05) is 0 Å². The van der Waals surface area contributed by atoms with Crippen LogP contribution in [0.4, 0.5) is 4.39 Å². The number of nitrogen functional groups attached to an aromatic ring is 1. The maximum atomic E-state index is 12.9. The SMILES string of the molecule is Nn1c(=O)[nH]c2c(F)cccc21. The van der Waals surface area contributed by atoms with Crippen molar-refractivity contribution >= 4 is 11.0 Å². The Bertz CT molecular complexity index is 485. The third kappa shape index (κ3) is 0.730. The van der Waals surface area contributed by atoms with Crippen LogP contribution in [-0.4, -0.2) is 9.66 Å². The minimum Gasteiger partial charge on any atom is -0.335 e. The molecule has 0 fully saturated rings. The van der Waals surface area contributed by atoms with Gasteiger partial charge in [-0.2, -0.15) is 0 Å². The van der Waals surface area contributed by atoms with Crippen LogP contribution in [0.1, 0.15) is 0 Å². The second kappa shape index (κ2) is 2.10. The lowest BCUT2D eigenvalue weighted by Gasteiger charge is -1.92. The third-order valence-corrected chi connectivity index (χ3v) is 1.70. The summed E-state index contributed by atoms with van der Waals surface area (Å²) in [5.74, 6) is 4.84. The van der Waals surface area contributed by atoms with Crippen LogP contribution in [0.15, 0.2) is 23.0 Å². The van der Waals surface area contributed by atoms with E-state index in [0.717, 1.165) is 4.68 Å². The molecule has 0 saturated carbocycles. The van der Waals surface area contributed by atoms with Crippen molar-refractivity contribution in [2.45, 2.75) is 0 Å². The van der Waals surface area contributed by atoms with Gasteiger partial charge >= 0.3 is 5.69 Å². The van der Waals surface area contributed by atoms with E-state index in [2.05, 4.69) is 4.98 Å². The zero-order chi connectivity index (χ0) is 8.72. The van der Waals surface area contributed by atoms with Crippen LogP contribution in [0.3, 0.4) is 0 Å². The van der Waals surface area contributed by atoms with Crippen molar-refractivity contribution in [1.82, 2.24) is 9.66 Å². The van der Waals surface area contributed by atoms with Crippen molar-refractivity contribution in [2.75, 3.05) is 5.84 Å². The summed E-state index contributed by atoms with van der Waals surface area (Å²) >= 11 is 0. The summed E-state index contributed by atoms with van der Waals surface area (Å²) in [6, 6.07) is 4.32. The first-order valence-electron chi connectivity index (χ1n) is 3.34. The highest BCUT2D eigenvalue weighted by atomic mass is 19.1. The number of nitrogens with zero attached hydrogens (tertiary/aromatic N) is 1. The molecule has 0 atom stereocenters. The van der Waals surface area contributed by atoms with E-state index >= 15 is 0 Å². The molecule has 0 aliphatic heterocycles. The number of imidazole rings is 1. The number of fused-ring (bicyclic) bond motifs is 1. The van der Waals surface area contributed by atoms with Crippen molar-refractivity contribution in [1.29, 1.82) is 0 Å². The lowest BCUT2D eigenvalue weighted by Crippen LogP contribution is -2.23. The van der Waals surface area contributed by atoms with Gasteiger partial charge in [0.1, 0.15) is 11.3 Å². The number of aromatic nitrogens is 2. The second-order valence-electron chi connectivity index (χ2n) is 2.43. The van der Waals surface area contributed by atoms with E-state index < -0.39 is 11.5 Å². The number of rotatable bonds is 0. The van der Waals surface area contributed by atoms with Gasteiger partial charge in [-0.15, -0.1) is 0 Å². The Hall–Kier alpha value is -1.78. The predicted octanol–water partition coefficient (Wildman–Crippen LogP) is 0.182. The third-order valence-electron chi connectivity index (χ3n) is 1.70. The second-order valence-corrected chi connectivity index (χ2v) is 2.43. The van der Waals surface area contributed by atoms with Gasteiger partial charge in [-0.05, 0) is 12.1 Å². The smallest absolute Gasteiger partial charge is 0.335 e. The zero-order valence-electron chi connectivity index (χ0n) is 6.04. The lowest BCUT2D eigenvalue weighted by atomic mass is 10.3. The van der Waals surface area contributed by atoms with E-state index in [1.165, 1.54) is 12.1 Å². The molecule has 62 valence electrons. The van der Waals surface area contributed by atoms with Crippen LogP contribution in [0.25, 0.3) is 11.0 Å². The molecule has 3 N–H and O–H groups in total. The van der Waals surface area contributed by atoms with Gasteiger partial charge in [0.15, 0.2) is 0 Å². The van der Waals surface area contributed by atoms with E-state index in [1.54, 1.807) is 6.07 Å². The summed E-state index contributed by atoms with van der Waals surface area (Å²) in [6.45, 7) is 0. The Kier molecular flexibility index (Phi) is 1.21. The van der Waals surface area contributed by atoms with Crippen molar-refractivity contribution in [3.63, 3.8) is 0 Å². The number of aromatic amines is 1. The molecular weight excluding hydrogens is 161 g/mol. The van der Waals surface area contributed by atoms with Crippen LogP contribution in [0.2, 0.25) is 0 Å². The molecule has 0 aliphatic carbocycles. The van der Waals surface area contributed by atoms with Crippen LogP contribution >= 0.6 is 0 Å². The van der Waals surface area contributed by atoms with Crippen molar-refractivity contribution in [3.05, 3.63) is 34.5 Å². The van der Waals surface area contributed by atoms with Gasteiger partial charge in [0.25, 0.3) is 0 Å². The molecule has 1 heterocycles. The van der Waals surface area contributed by atoms with Gasteiger partial charge in [-0.3, -0.25) is 0 Å². The number of nitrogens with two attached hydrogens (primary N) is 1. The normalized spacial score (nSPS) is 10.8. The summed E-state index contributed by atoms with van der Waals surface area (Å²) in [5, 5.41) is 0. The van der Waals surface area contributed by atoms with Crippen LogP contribution < -0.4 is 11.5 Å². The summed E-state index contributed by atoms with van der Waals surface area (Å²) in [6.07, 6.45) is 0. The van der Waals surface area contributed by atoms with Gasteiger partial charge in [-0.1, -0.05) is 6.07 Å². The number of halogens is 1. The molecule has 2 aromatic rings. The number of para-hydroxylation sites is 1. The Morgan fingerprint density at radius 1 is 1.50 bits per heavy atom. The fourth-order valence-electron chi connectivity index (χ4n) is 1.11. The van der Waals surface area contributed by atoms with Crippen LogP contribution in [-0.2, 0) is 0 Å². The topological polar surface area (TPSA) is 63.8 Å². The summed E-state index contributed by atoms with van der Waals surface area (Å²) in [7, 11) is 0. The maximum Gasteiger partial charge on any atom is 0.344 e. The molecule has 0 radical (unpaired) electrons. The molecule has 0 spiro atoms. The molecular formula is C7H6FN3O. The molecule has 0 unspecified atom stereocenters. The molecule has 0 amide bonds. The Morgan fingerprint density at radius 3 is 2.92 bits per heavy atom. The highest BCUT2D eigenvalue weighted by Gasteiger charge is 2.06. The Balaban J connectivity index is 3.05. The van der Waals surface area contributed by atoms with Gasteiger partial charge in [0, 0.05) is 0 Å². The van der Waals surface area contributed by atoms with Crippen molar-refractivity contribution in [2.24, 2.45) is 0 Å². The first-order valence-corrected chi connectivity index (χ1v) is 3.34. The number of nitrogens with one attached hydrogen (secondary N) is 1. The monoisotopic (exact) mass is 167 g/mol. The first kappa shape index (κ1) is 6.90. The van der Waals surface area contributed by atoms with Crippen LogP contribution in [0.5, 0.6) is 0 Å². The van der Waals surface area contributed by atoms with Gasteiger partial charge < -0.3 is 10.8 Å². The quantitative estimate of drug-likeness (QED) is 0.550. The molecule has 5 heteroatoms. The first-order chi connectivity index (χ1) is 5.70. The fourth-order valence-corrected chi connectivity index (χ4v) is 1.11. The van der Waals surface area contributed by atoms with E-state index in [0.29, 0.717) is 5.52 Å². The van der Waals surface area contributed by atoms with Crippen molar-refractivity contribution < 1.29 is 4.39 Å². The fraction of sp³-hybridized carbons (Fsp3) is 0. The Labute approximate surface area is 66.4 Å². The van der Waals surface area contributed by atoms with Crippen molar-refractivity contribution in [3.8, 4) is 0 Å². The van der Waals surface area contributed by atoms with Gasteiger partial charge in [0.2, 0.25) is 0 Å². The summed E-state index contributed by atoms with van der Waals surface area (Å²) < 4.78 is 13.8.